The number of rotatable bonds is 5. The Bertz CT molecular complexity index is 545. The molecule has 7 heteroatoms. The summed E-state index contributed by atoms with van der Waals surface area (Å²) in [4.78, 5) is 11.5. The third-order valence-electron chi connectivity index (χ3n) is 2.69. The molecular formula is C12H14F2O4S. The zero-order valence-electron chi connectivity index (χ0n) is 10.5. The Morgan fingerprint density at radius 2 is 1.95 bits per heavy atom. The maximum Gasteiger partial charge on any atom is 0.338 e. The summed E-state index contributed by atoms with van der Waals surface area (Å²) in [6, 6.07) is 2.35. The minimum absolute atomic E-state index is 0.286. The Morgan fingerprint density at radius 1 is 1.32 bits per heavy atom. The van der Waals surface area contributed by atoms with Gasteiger partial charge in [-0.05, 0) is 29.7 Å². The lowest BCUT2D eigenvalue weighted by atomic mass is 9.97. The molecule has 4 nitrogen and oxygen atoms in total. The van der Waals surface area contributed by atoms with Gasteiger partial charge in [-0.2, -0.15) is 0 Å². The van der Waals surface area contributed by atoms with Crippen LogP contribution in [0.3, 0.4) is 0 Å². The lowest BCUT2D eigenvalue weighted by Crippen LogP contribution is -2.09. The molecule has 0 aliphatic heterocycles. The van der Waals surface area contributed by atoms with Crippen molar-refractivity contribution < 1.29 is 26.7 Å². The summed E-state index contributed by atoms with van der Waals surface area (Å²) in [5.41, 5.74) is 0.112. The minimum atomic E-state index is -2.82. The predicted octanol–water partition coefficient (Wildman–Crippen LogP) is 2.08. The first-order chi connectivity index (χ1) is 8.90. The van der Waals surface area contributed by atoms with Crippen molar-refractivity contribution in [2.75, 3.05) is 7.11 Å². The molecule has 1 aromatic carbocycles. The van der Waals surface area contributed by atoms with Crippen LogP contribution in [-0.4, -0.2) is 21.5 Å². The van der Waals surface area contributed by atoms with Crippen molar-refractivity contribution >= 4 is 16.7 Å². The molecule has 1 aromatic rings. The summed E-state index contributed by atoms with van der Waals surface area (Å²) < 4.78 is 51.8. The zero-order valence-corrected chi connectivity index (χ0v) is 11.4. The van der Waals surface area contributed by atoms with E-state index in [0.29, 0.717) is 17.5 Å². The van der Waals surface area contributed by atoms with Crippen LogP contribution in [0.15, 0.2) is 12.1 Å². The van der Waals surface area contributed by atoms with Crippen molar-refractivity contribution in [2.45, 2.75) is 25.5 Å². The molecule has 0 fully saturated rings. The Morgan fingerprint density at radius 3 is 2.37 bits per heavy atom. The summed E-state index contributed by atoms with van der Waals surface area (Å²) in [6.45, 7) is 1.73. The van der Waals surface area contributed by atoms with Gasteiger partial charge < -0.3 is 4.74 Å². The molecule has 0 aliphatic rings. The van der Waals surface area contributed by atoms with E-state index in [4.69, 9.17) is 0 Å². The second-order valence-electron chi connectivity index (χ2n) is 3.84. The van der Waals surface area contributed by atoms with Crippen LogP contribution in [0, 0.1) is 0 Å². The Kier molecular flexibility index (Phi) is 5.41. The van der Waals surface area contributed by atoms with Crippen LogP contribution in [0.25, 0.3) is 0 Å². The number of carbonyl (C=O) groups is 1. The van der Waals surface area contributed by atoms with Crippen molar-refractivity contribution in [3.05, 3.63) is 34.4 Å². The van der Waals surface area contributed by atoms with Crippen molar-refractivity contribution in [2.24, 2.45) is 0 Å². The second-order valence-corrected chi connectivity index (χ2v) is 4.83. The fourth-order valence-electron chi connectivity index (χ4n) is 1.79. The molecule has 0 spiro atoms. The highest BCUT2D eigenvalue weighted by molar-refractivity contribution is 7.71. The first-order valence-electron chi connectivity index (χ1n) is 5.54. The highest BCUT2D eigenvalue weighted by atomic mass is 32.2. The minimum Gasteiger partial charge on any atom is -0.465 e. The fourth-order valence-corrected chi connectivity index (χ4v) is 2.36. The van der Waals surface area contributed by atoms with E-state index in [-0.39, 0.29) is 11.3 Å². The Labute approximate surface area is 111 Å². The van der Waals surface area contributed by atoms with E-state index in [2.05, 4.69) is 4.74 Å². The van der Waals surface area contributed by atoms with E-state index in [1.807, 2.05) is 0 Å². The van der Waals surface area contributed by atoms with Gasteiger partial charge in [-0.25, -0.2) is 22.0 Å². The first-order valence-corrected chi connectivity index (χ1v) is 6.90. The van der Waals surface area contributed by atoms with Gasteiger partial charge in [0.05, 0.1) is 18.4 Å². The van der Waals surface area contributed by atoms with E-state index in [9.17, 15) is 22.0 Å². The van der Waals surface area contributed by atoms with Crippen LogP contribution in [-0.2, 0) is 27.6 Å². The van der Waals surface area contributed by atoms with Crippen LogP contribution in [0.2, 0.25) is 0 Å². The molecule has 0 aliphatic carbocycles. The van der Waals surface area contributed by atoms with Crippen LogP contribution in [0.4, 0.5) is 8.78 Å². The average Bonchev–Trinajstić information content (AvgIpc) is 2.36. The number of esters is 1. The van der Waals surface area contributed by atoms with Gasteiger partial charge in [0, 0.05) is 5.56 Å². The second kappa shape index (κ2) is 6.60. The molecule has 0 N–H and O–H groups in total. The number of hydrogen-bond acceptors (Lipinski definition) is 4. The molecular weight excluding hydrogens is 278 g/mol. The number of thiol groups is 1. The van der Waals surface area contributed by atoms with Gasteiger partial charge in [-0.1, -0.05) is 6.92 Å². The van der Waals surface area contributed by atoms with Crippen molar-refractivity contribution in [3.8, 4) is 0 Å². The average molecular weight is 292 g/mol. The van der Waals surface area contributed by atoms with E-state index < -0.39 is 28.7 Å². The maximum absolute atomic E-state index is 12.9. The molecule has 1 rings (SSSR count). The van der Waals surface area contributed by atoms with Crippen molar-refractivity contribution in [1.82, 2.24) is 0 Å². The Hall–Kier alpha value is -1.50. The van der Waals surface area contributed by atoms with Crippen LogP contribution in [0.5, 0.6) is 0 Å². The highest BCUT2D eigenvalue weighted by Crippen LogP contribution is 2.27. The standard InChI is InChI=1S/C12H14F2O4S/c1-3-7-4-9(11(13)14)10(12(15)18-2)5-8(7)6-19(16)17/h4-5,11,19H,3,6H2,1-2H3. The van der Waals surface area contributed by atoms with E-state index in [0.717, 1.165) is 7.11 Å². The number of aryl methyl sites for hydroxylation is 1. The van der Waals surface area contributed by atoms with Gasteiger partial charge in [0.25, 0.3) is 6.43 Å². The van der Waals surface area contributed by atoms with Gasteiger partial charge in [-0.15, -0.1) is 0 Å². The molecule has 19 heavy (non-hydrogen) atoms. The summed E-state index contributed by atoms with van der Waals surface area (Å²) in [6.07, 6.45) is -2.42. The van der Waals surface area contributed by atoms with E-state index in [1.54, 1.807) is 6.92 Å². The zero-order chi connectivity index (χ0) is 14.6. The van der Waals surface area contributed by atoms with Crippen molar-refractivity contribution in [1.29, 1.82) is 0 Å². The molecule has 0 saturated carbocycles. The van der Waals surface area contributed by atoms with Crippen molar-refractivity contribution in [3.63, 3.8) is 0 Å². The molecule has 0 aromatic heterocycles. The Balaban J connectivity index is 3.46. The normalized spacial score (nSPS) is 11.1. The molecule has 0 heterocycles. The third kappa shape index (κ3) is 3.73. The topological polar surface area (TPSA) is 60.4 Å². The van der Waals surface area contributed by atoms with E-state index >= 15 is 0 Å². The summed E-state index contributed by atoms with van der Waals surface area (Å²) >= 11 is 0. The summed E-state index contributed by atoms with van der Waals surface area (Å²) in [5, 5.41) is 0. The van der Waals surface area contributed by atoms with Gasteiger partial charge in [0.15, 0.2) is 0 Å². The summed E-state index contributed by atoms with van der Waals surface area (Å²) in [7, 11) is -1.62. The fraction of sp³-hybridized carbons (Fsp3) is 0.417. The number of carbonyl (C=O) groups excluding carboxylic acids is 1. The summed E-state index contributed by atoms with van der Waals surface area (Å²) in [5.74, 6) is -1.19. The highest BCUT2D eigenvalue weighted by Gasteiger charge is 2.21. The molecule has 0 amide bonds. The number of methoxy groups -OCH3 is 1. The number of hydrogen-bond donors (Lipinski definition) is 1. The van der Waals surface area contributed by atoms with Crippen LogP contribution in [0.1, 0.15) is 40.4 Å². The molecule has 106 valence electrons. The van der Waals surface area contributed by atoms with Gasteiger partial charge in [-0.3, -0.25) is 0 Å². The van der Waals surface area contributed by atoms with Gasteiger partial charge in [0.2, 0.25) is 0 Å². The van der Waals surface area contributed by atoms with Gasteiger partial charge >= 0.3 is 5.97 Å². The molecule has 0 bridgehead atoms. The maximum atomic E-state index is 12.9. The molecule has 0 atom stereocenters. The number of ether oxygens (including phenoxy) is 1. The smallest absolute Gasteiger partial charge is 0.338 e. The molecule has 0 saturated heterocycles. The number of benzene rings is 1. The monoisotopic (exact) mass is 292 g/mol. The first kappa shape index (κ1) is 15.6. The largest absolute Gasteiger partial charge is 0.465 e. The lowest BCUT2D eigenvalue weighted by Gasteiger charge is -2.13. The quantitative estimate of drug-likeness (QED) is 0.667. The predicted molar refractivity (Wildman–Crippen MR) is 66.1 cm³/mol. The molecule has 0 unspecified atom stereocenters. The lowest BCUT2D eigenvalue weighted by molar-refractivity contribution is 0.0589. The number of alkyl halides is 2. The number of halogens is 2. The van der Waals surface area contributed by atoms with Crippen LogP contribution >= 0.6 is 0 Å². The van der Waals surface area contributed by atoms with Crippen LogP contribution < -0.4 is 0 Å². The third-order valence-corrected chi connectivity index (χ3v) is 3.29. The molecule has 0 radical (unpaired) electrons. The van der Waals surface area contributed by atoms with Gasteiger partial charge in [0.1, 0.15) is 10.7 Å². The van der Waals surface area contributed by atoms with E-state index in [1.165, 1.54) is 12.1 Å². The SMILES string of the molecule is CCc1cc(C(F)F)c(C(=O)OC)cc1C[SH](=O)=O.